The summed E-state index contributed by atoms with van der Waals surface area (Å²) in [5.74, 6) is -0.884. The summed E-state index contributed by atoms with van der Waals surface area (Å²) < 4.78 is 15.3. The highest BCUT2D eigenvalue weighted by molar-refractivity contribution is 8.14. The summed E-state index contributed by atoms with van der Waals surface area (Å²) in [6.07, 6.45) is 2.61. The Balaban J connectivity index is 1.99. The van der Waals surface area contributed by atoms with Crippen molar-refractivity contribution in [3.8, 4) is 0 Å². The third kappa shape index (κ3) is 8.74. The van der Waals surface area contributed by atoms with Gasteiger partial charge in [-0.25, -0.2) is 9.59 Å². The highest BCUT2D eigenvalue weighted by atomic mass is 32.2. The summed E-state index contributed by atoms with van der Waals surface area (Å²) in [5.41, 5.74) is 1.25. The van der Waals surface area contributed by atoms with E-state index in [0.717, 1.165) is 17.3 Å². The highest BCUT2D eigenvalue weighted by Gasteiger charge is 2.41. The summed E-state index contributed by atoms with van der Waals surface area (Å²) >= 11 is 1.10. The number of anilines is 1. The van der Waals surface area contributed by atoms with Crippen molar-refractivity contribution in [3.05, 3.63) is 55.1 Å². The number of esters is 1. The minimum Gasteiger partial charge on any atom is -0.460 e. The maximum atomic E-state index is 13.0. The van der Waals surface area contributed by atoms with Crippen LogP contribution in [-0.4, -0.2) is 65.6 Å². The fourth-order valence-electron chi connectivity index (χ4n) is 3.19. The molecule has 0 spiro atoms. The third-order valence-electron chi connectivity index (χ3n) is 4.50. The molecule has 1 heterocycles. The van der Waals surface area contributed by atoms with Crippen LogP contribution in [0.5, 0.6) is 0 Å². The van der Waals surface area contributed by atoms with Gasteiger partial charge in [0.2, 0.25) is 5.91 Å². The molecule has 0 bridgehead atoms. The van der Waals surface area contributed by atoms with Crippen LogP contribution in [0.4, 0.5) is 10.5 Å². The predicted octanol–water partition coefficient (Wildman–Crippen LogP) is 2.92. The Morgan fingerprint density at radius 2 is 1.91 bits per heavy atom. The Morgan fingerprint density at radius 3 is 2.61 bits per heavy atom. The lowest BCUT2D eigenvalue weighted by Crippen LogP contribution is -2.43. The van der Waals surface area contributed by atoms with Crippen molar-refractivity contribution in [2.24, 2.45) is 0 Å². The van der Waals surface area contributed by atoms with Crippen LogP contribution in [0.1, 0.15) is 18.9 Å². The number of hydrogen-bond acceptors (Lipinski definition) is 8. The molecular weight excluding hydrogens is 448 g/mol. The van der Waals surface area contributed by atoms with Crippen LogP contribution in [0.15, 0.2) is 49.6 Å². The fraction of sp³-hybridized carbons (Fsp3) is 0.391. The maximum absolute atomic E-state index is 13.0. The van der Waals surface area contributed by atoms with Crippen LogP contribution in [0.3, 0.4) is 0 Å². The molecule has 33 heavy (non-hydrogen) atoms. The van der Waals surface area contributed by atoms with Crippen LogP contribution in [0.25, 0.3) is 0 Å². The SMILES string of the molecule is C=CCOC(=O)COCc1cccc(NC(=O)[C@@H]2C[C@H](SC(C)=O)CN2C(=O)OCC=C)c1. The zero-order valence-corrected chi connectivity index (χ0v) is 19.3. The molecule has 0 radical (unpaired) electrons. The van der Waals surface area contributed by atoms with Crippen LogP contribution < -0.4 is 5.32 Å². The lowest BCUT2D eigenvalue weighted by Gasteiger charge is -2.23. The van der Waals surface area contributed by atoms with Crippen molar-refractivity contribution < 1.29 is 33.4 Å². The Kier molecular flexibility index (Phi) is 10.6. The Morgan fingerprint density at radius 1 is 1.18 bits per heavy atom. The van der Waals surface area contributed by atoms with Crippen molar-refractivity contribution in [3.63, 3.8) is 0 Å². The number of hydrogen-bond donors (Lipinski definition) is 1. The molecule has 0 aliphatic carbocycles. The number of nitrogens with one attached hydrogen (secondary N) is 1. The smallest absolute Gasteiger partial charge is 0.410 e. The van der Waals surface area contributed by atoms with Crippen LogP contribution in [-0.2, 0) is 35.2 Å². The number of carbonyl (C=O) groups excluding carboxylic acids is 4. The molecule has 1 aliphatic heterocycles. The number of nitrogens with zero attached hydrogens (tertiary/aromatic N) is 1. The van der Waals surface area contributed by atoms with Crippen molar-refractivity contribution in [2.75, 3.05) is 31.7 Å². The molecule has 1 aliphatic rings. The van der Waals surface area contributed by atoms with Gasteiger partial charge in [0.25, 0.3) is 0 Å². The van der Waals surface area contributed by atoms with Gasteiger partial charge in [0, 0.05) is 24.4 Å². The first-order valence-electron chi connectivity index (χ1n) is 10.3. The van der Waals surface area contributed by atoms with E-state index in [-0.39, 0.29) is 49.2 Å². The number of rotatable bonds is 11. The zero-order valence-electron chi connectivity index (χ0n) is 18.5. The molecule has 2 atom stereocenters. The molecule has 1 saturated heterocycles. The van der Waals surface area contributed by atoms with Crippen LogP contribution >= 0.6 is 11.8 Å². The average molecular weight is 477 g/mol. The minimum absolute atomic E-state index is 0.0252. The molecule has 1 fully saturated rings. The lowest BCUT2D eigenvalue weighted by atomic mass is 10.1. The number of amides is 2. The quantitative estimate of drug-likeness (QED) is 0.383. The first kappa shape index (κ1) is 26.1. The van der Waals surface area contributed by atoms with Gasteiger partial charge in [0.1, 0.15) is 25.9 Å². The summed E-state index contributed by atoms with van der Waals surface area (Å²) in [6, 6.07) is 6.17. The Labute approximate surface area is 197 Å². The first-order chi connectivity index (χ1) is 15.8. The molecule has 178 valence electrons. The number of carbonyl (C=O) groups is 4. The van der Waals surface area contributed by atoms with E-state index >= 15 is 0 Å². The fourth-order valence-corrected chi connectivity index (χ4v) is 4.17. The third-order valence-corrected chi connectivity index (χ3v) is 5.51. The first-order valence-corrected chi connectivity index (χ1v) is 11.2. The average Bonchev–Trinajstić information content (AvgIpc) is 3.19. The van der Waals surface area contributed by atoms with Crippen LogP contribution in [0, 0.1) is 0 Å². The number of thioether (sulfide) groups is 1. The van der Waals surface area contributed by atoms with E-state index in [1.54, 1.807) is 24.3 Å². The van der Waals surface area contributed by atoms with Gasteiger partial charge in [-0.05, 0) is 24.1 Å². The molecule has 2 rings (SSSR count). The molecule has 1 aromatic carbocycles. The Hall–Kier alpha value is -3.11. The van der Waals surface area contributed by atoms with Gasteiger partial charge in [-0.15, -0.1) is 0 Å². The lowest BCUT2D eigenvalue weighted by molar-refractivity contribution is -0.148. The van der Waals surface area contributed by atoms with Gasteiger partial charge in [-0.2, -0.15) is 0 Å². The van der Waals surface area contributed by atoms with Gasteiger partial charge in [0.05, 0.1) is 6.61 Å². The van der Waals surface area contributed by atoms with Gasteiger partial charge in [-0.3, -0.25) is 14.5 Å². The second-order valence-electron chi connectivity index (χ2n) is 7.16. The van der Waals surface area contributed by atoms with Crippen molar-refractivity contribution in [2.45, 2.75) is 31.2 Å². The van der Waals surface area contributed by atoms with E-state index in [1.165, 1.54) is 24.0 Å². The number of likely N-dealkylation sites (tertiary alicyclic amines) is 1. The van der Waals surface area contributed by atoms with Gasteiger partial charge < -0.3 is 19.5 Å². The molecule has 0 aromatic heterocycles. The molecule has 1 N–H and O–H groups in total. The standard InChI is InChI=1S/C23H28N2O7S/c1-4-9-31-21(27)15-30-14-17-7-6-8-18(11-17)24-22(28)20-12-19(33-16(3)26)13-25(20)23(29)32-10-5-2/h4-8,11,19-20H,1-2,9-10,12-15H2,3H3,(H,24,28)/t19-,20-/m0/s1. The number of benzene rings is 1. The van der Waals surface area contributed by atoms with Gasteiger partial charge in [-0.1, -0.05) is 49.2 Å². The number of ether oxygens (including phenoxy) is 3. The monoisotopic (exact) mass is 476 g/mol. The molecular formula is C23H28N2O7S. The van der Waals surface area contributed by atoms with Crippen LogP contribution in [0.2, 0.25) is 0 Å². The minimum atomic E-state index is -0.779. The highest BCUT2D eigenvalue weighted by Crippen LogP contribution is 2.29. The second kappa shape index (κ2) is 13.4. The second-order valence-corrected chi connectivity index (χ2v) is 8.63. The summed E-state index contributed by atoms with van der Waals surface area (Å²) in [5, 5.41) is 2.52. The zero-order chi connectivity index (χ0) is 24.2. The largest absolute Gasteiger partial charge is 0.460 e. The molecule has 0 saturated carbocycles. The molecule has 2 amide bonds. The van der Waals surface area contributed by atoms with E-state index in [9.17, 15) is 19.2 Å². The van der Waals surface area contributed by atoms with Crippen molar-refractivity contribution >= 4 is 40.5 Å². The van der Waals surface area contributed by atoms with E-state index in [0.29, 0.717) is 12.1 Å². The Bertz CT molecular complexity index is 889. The normalized spacial score (nSPS) is 17.2. The summed E-state index contributed by atoms with van der Waals surface area (Å²) in [6.45, 7) is 8.74. The molecule has 9 nitrogen and oxygen atoms in total. The van der Waals surface area contributed by atoms with Crippen molar-refractivity contribution in [1.29, 1.82) is 0 Å². The predicted molar refractivity (Wildman–Crippen MR) is 125 cm³/mol. The van der Waals surface area contributed by atoms with Gasteiger partial charge >= 0.3 is 12.1 Å². The van der Waals surface area contributed by atoms with Crippen molar-refractivity contribution in [1.82, 2.24) is 4.90 Å². The van der Waals surface area contributed by atoms with E-state index in [2.05, 4.69) is 18.5 Å². The molecule has 10 heteroatoms. The van der Waals surface area contributed by atoms with E-state index in [4.69, 9.17) is 14.2 Å². The van der Waals surface area contributed by atoms with Gasteiger partial charge in [0.15, 0.2) is 5.12 Å². The van der Waals surface area contributed by atoms with E-state index < -0.39 is 18.1 Å². The van der Waals surface area contributed by atoms with E-state index in [1.807, 2.05) is 0 Å². The summed E-state index contributed by atoms with van der Waals surface area (Å²) in [7, 11) is 0. The molecule has 0 unspecified atom stereocenters. The maximum Gasteiger partial charge on any atom is 0.410 e. The topological polar surface area (TPSA) is 111 Å². The summed E-state index contributed by atoms with van der Waals surface area (Å²) in [4.78, 5) is 49.7. The molecule has 1 aromatic rings.